The maximum Gasteiger partial charge on any atom is 1.00 e. The molecule has 0 aromatic heterocycles. The van der Waals surface area contributed by atoms with Gasteiger partial charge in [-0.15, -0.1) is 0 Å². The number of rotatable bonds is 5. The minimum atomic E-state index is -1.43. The fraction of sp³-hybridized carbons (Fsp3) is 0.250. The Bertz CT molecular complexity index is 1270. The zero-order valence-corrected chi connectivity index (χ0v) is 20.4. The molecule has 0 bridgehead atoms. The zero-order valence-electron chi connectivity index (χ0n) is 18.4. The number of benzene rings is 2. The Hall–Kier alpha value is -2.78. The number of fused-ring (bicyclic) bond motifs is 4. The van der Waals surface area contributed by atoms with Crippen molar-refractivity contribution in [2.45, 2.75) is 25.5 Å². The van der Waals surface area contributed by atoms with E-state index >= 15 is 0 Å². The van der Waals surface area contributed by atoms with E-state index < -0.39 is 29.9 Å². The van der Waals surface area contributed by atoms with E-state index in [9.17, 15) is 24.6 Å². The number of hydrogen-bond acceptors (Lipinski definition) is 7. The van der Waals surface area contributed by atoms with Crippen molar-refractivity contribution in [2.75, 3.05) is 7.11 Å². The number of aliphatic hydroxyl groups excluding tert-OH is 1. The molecule has 2 aromatic rings. The Morgan fingerprint density at radius 2 is 1.91 bits per heavy atom. The molecule has 2 aliphatic heterocycles. The Morgan fingerprint density at radius 3 is 2.58 bits per heavy atom. The van der Waals surface area contributed by atoms with E-state index in [2.05, 4.69) is 5.16 Å². The van der Waals surface area contributed by atoms with Crippen LogP contribution in [0.4, 0.5) is 0 Å². The van der Waals surface area contributed by atoms with E-state index in [0.717, 1.165) is 11.1 Å². The average molecular weight is 454 g/mol. The molecule has 2 aromatic carbocycles. The number of β-lactam (4-membered cyclic amide) rings is 1. The Labute approximate surface area is 211 Å². The quantitative estimate of drug-likeness (QED) is 0.205. The van der Waals surface area contributed by atoms with E-state index in [0.29, 0.717) is 34.2 Å². The van der Waals surface area contributed by atoms with Gasteiger partial charge in [0, 0.05) is 11.1 Å². The minimum Gasteiger partial charge on any atom is -0.543 e. The van der Waals surface area contributed by atoms with E-state index in [1.54, 1.807) is 24.3 Å². The topological polar surface area (TPSA) is 119 Å². The van der Waals surface area contributed by atoms with Crippen molar-refractivity contribution in [2.24, 2.45) is 11.1 Å². The molecular formula is C24H19N2NaO6. The Balaban J connectivity index is 0.00000259. The zero-order chi connectivity index (χ0) is 22.7. The third-order valence-corrected chi connectivity index (χ3v) is 6.42. The van der Waals surface area contributed by atoms with Crippen molar-refractivity contribution in [1.29, 1.82) is 0 Å². The average Bonchev–Trinajstić information content (AvgIpc) is 3.24. The molecule has 33 heavy (non-hydrogen) atoms. The molecule has 3 atom stereocenters. The second-order valence-electron chi connectivity index (χ2n) is 8.17. The van der Waals surface area contributed by atoms with Crippen LogP contribution >= 0.6 is 0 Å². The fourth-order valence-electron chi connectivity index (χ4n) is 4.99. The molecule has 0 radical (unpaired) electrons. The van der Waals surface area contributed by atoms with Gasteiger partial charge in [-0.3, -0.25) is 9.59 Å². The van der Waals surface area contributed by atoms with Gasteiger partial charge in [0.15, 0.2) is 5.78 Å². The number of carbonyl (C=O) groups is 3. The van der Waals surface area contributed by atoms with Gasteiger partial charge in [0.25, 0.3) is 0 Å². The van der Waals surface area contributed by atoms with E-state index in [1.807, 2.05) is 12.1 Å². The van der Waals surface area contributed by atoms with Gasteiger partial charge in [-0.25, -0.2) is 0 Å². The number of oxime groups is 1. The van der Waals surface area contributed by atoms with Crippen LogP contribution in [0.3, 0.4) is 0 Å². The first-order valence-electron chi connectivity index (χ1n) is 10.2. The van der Waals surface area contributed by atoms with Crippen molar-refractivity contribution in [3.8, 4) is 11.1 Å². The molecule has 1 amide bonds. The number of aliphatic hydroxyl groups is 1. The molecule has 1 fully saturated rings. The molecule has 2 heterocycles. The number of hydrogen-bond donors (Lipinski definition) is 1. The van der Waals surface area contributed by atoms with Gasteiger partial charge in [-0.2, -0.15) is 0 Å². The summed E-state index contributed by atoms with van der Waals surface area (Å²) in [6.07, 6.45) is 0.944. The molecule has 162 valence electrons. The number of carboxylic acid groups (broad SMARTS) is 1. The van der Waals surface area contributed by atoms with Crippen molar-refractivity contribution in [1.82, 2.24) is 4.90 Å². The fourth-order valence-corrected chi connectivity index (χ4v) is 4.99. The second kappa shape index (κ2) is 8.53. The number of amides is 1. The SMILES string of the molecule is CON=Cc1ccc2c(c1)C(=O)c1ccc(C3=C(C(=O)[O-])N4C(=O)[C@H]([C@@H](C)O)[C@H]4C3)cc1-2.[Na+]. The van der Waals surface area contributed by atoms with Crippen LogP contribution in [0, 0.1) is 5.92 Å². The number of carboxylic acids is 1. The summed E-state index contributed by atoms with van der Waals surface area (Å²) in [7, 11) is 1.44. The van der Waals surface area contributed by atoms with Crippen LogP contribution in [0.1, 0.15) is 40.4 Å². The molecule has 1 aliphatic carbocycles. The molecular weight excluding hydrogens is 435 g/mol. The molecule has 0 spiro atoms. The van der Waals surface area contributed by atoms with Gasteiger partial charge < -0.3 is 24.7 Å². The normalized spacial score (nSPS) is 21.4. The molecule has 5 rings (SSSR count). The molecule has 1 N–H and O–H groups in total. The van der Waals surface area contributed by atoms with Crippen LogP contribution in [0.2, 0.25) is 0 Å². The predicted octanol–water partition coefficient (Wildman–Crippen LogP) is -2.05. The molecule has 9 heteroatoms. The standard InChI is InChI=1S/C24H20N2O6.Na/c1-11(27)20-19-9-16(21(24(30)31)26(19)23(20)29)13-4-6-15-17(8-13)14-5-3-12(10-25-32-2)7-18(14)22(15)28;/h3-8,10-11,19-20,27H,9H2,1-2H3,(H,30,31);/q;+1/p-1/t11-,19-,20-;/m1./s1. The summed E-state index contributed by atoms with van der Waals surface area (Å²) in [4.78, 5) is 43.2. The van der Waals surface area contributed by atoms with Crippen LogP contribution in [-0.4, -0.2) is 53.1 Å². The van der Waals surface area contributed by atoms with E-state index in [-0.39, 0.29) is 41.0 Å². The van der Waals surface area contributed by atoms with Crippen LogP contribution < -0.4 is 34.7 Å². The van der Waals surface area contributed by atoms with Crippen LogP contribution in [0.25, 0.3) is 16.7 Å². The van der Waals surface area contributed by atoms with Crippen LogP contribution in [-0.2, 0) is 14.4 Å². The van der Waals surface area contributed by atoms with Crippen molar-refractivity contribution in [3.63, 3.8) is 0 Å². The number of aliphatic carboxylic acids is 1. The summed E-state index contributed by atoms with van der Waals surface area (Å²) < 4.78 is 0. The number of ketones is 1. The Morgan fingerprint density at radius 1 is 1.18 bits per heavy atom. The first kappa shape index (κ1) is 23.4. The third kappa shape index (κ3) is 3.45. The monoisotopic (exact) mass is 454 g/mol. The molecule has 0 unspecified atom stereocenters. The van der Waals surface area contributed by atoms with Gasteiger partial charge in [-0.05, 0) is 59.4 Å². The number of carbonyl (C=O) groups excluding carboxylic acids is 3. The maximum atomic E-state index is 12.9. The summed E-state index contributed by atoms with van der Waals surface area (Å²) in [6, 6.07) is 10.1. The number of nitrogens with zero attached hydrogens (tertiary/aromatic N) is 2. The summed E-state index contributed by atoms with van der Waals surface area (Å²) in [5, 5.41) is 25.6. The van der Waals surface area contributed by atoms with Gasteiger partial charge in [-0.1, -0.05) is 23.4 Å². The van der Waals surface area contributed by atoms with Gasteiger partial charge >= 0.3 is 29.6 Å². The summed E-state index contributed by atoms with van der Waals surface area (Å²) in [5.74, 6) is -2.60. The van der Waals surface area contributed by atoms with Crippen LogP contribution in [0.15, 0.2) is 47.3 Å². The summed E-state index contributed by atoms with van der Waals surface area (Å²) >= 11 is 0. The van der Waals surface area contributed by atoms with Crippen LogP contribution in [0.5, 0.6) is 0 Å². The molecule has 1 saturated heterocycles. The predicted molar refractivity (Wildman–Crippen MR) is 112 cm³/mol. The van der Waals surface area contributed by atoms with Gasteiger partial charge in [0.1, 0.15) is 7.11 Å². The minimum absolute atomic E-state index is 0. The third-order valence-electron chi connectivity index (χ3n) is 6.42. The van der Waals surface area contributed by atoms with Crippen molar-refractivity contribution in [3.05, 3.63) is 64.3 Å². The molecule has 8 nitrogen and oxygen atoms in total. The maximum absolute atomic E-state index is 12.9. The first-order chi connectivity index (χ1) is 15.3. The van der Waals surface area contributed by atoms with Gasteiger partial charge in [0.05, 0.1) is 35.9 Å². The van der Waals surface area contributed by atoms with E-state index in [4.69, 9.17) is 4.84 Å². The summed E-state index contributed by atoms with van der Waals surface area (Å²) in [5.41, 5.74) is 4.15. The first-order valence-corrected chi connectivity index (χ1v) is 10.2. The summed E-state index contributed by atoms with van der Waals surface area (Å²) in [6.45, 7) is 1.53. The van der Waals surface area contributed by atoms with E-state index in [1.165, 1.54) is 25.1 Å². The van der Waals surface area contributed by atoms with Crippen molar-refractivity contribution >= 4 is 29.4 Å². The Kier molecular flexibility index (Phi) is 6.05. The largest absolute Gasteiger partial charge is 1.00 e. The second-order valence-corrected chi connectivity index (χ2v) is 8.17. The smallest absolute Gasteiger partial charge is 0.543 e. The molecule has 0 saturated carbocycles. The molecule has 3 aliphatic rings. The van der Waals surface area contributed by atoms with Gasteiger partial charge in [0.2, 0.25) is 5.91 Å². The van der Waals surface area contributed by atoms with Crippen molar-refractivity contribution < 1.29 is 59.0 Å².